The molecule has 0 aliphatic rings. The lowest BCUT2D eigenvalue weighted by molar-refractivity contribution is 0.0929. The fourth-order valence-electron chi connectivity index (χ4n) is 2.28. The topological polar surface area (TPSA) is 44.0 Å². The lowest BCUT2D eigenvalue weighted by Crippen LogP contribution is -2.28. The van der Waals surface area contributed by atoms with E-state index in [-0.39, 0.29) is 11.6 Å². The molecule has 0 aliphatic carbocycles. The second kappa shape index (κ2) is 5.26. The van der Waals surface area contributed by atoms with E-state index in [1.165, 1.54) is 17.1 Å². The first-order valence-corrected chi connectivity index (χ1v) is 6.36. The van der Waals surface area contributed by atoms with Crippen molar-refractivity contribution in [3.63, 3.8) is 0 Å². The number of benzene rings is 1. The molecule has 0 unspecified atom stereocenters. The van der Waals surface area contributed by atoms with Gasteiger partial charge in [0.2, 0.25) is 5.91 Å². The summed E-state index contributed by atoms with van der Waals surface area (Å²) in [7, 11) is 0. The Kier molecular flexibility index (Phi) is 3.69. The normalized spacial score (nSPS) is 10.7. The van der Waals surface area contributed by atoms with Crippen LogP contribution >= 0.6 is 0 Å². The smallest absolute Gasteiger partial charge is 0.296 e. The summed E-state index contributed by atoms with van der Waals surface area (Å²) >= 11 is 0. The summed E-state index contributed by atoms with van der Waals surface area (Å²) in [6.07, 6.45) is 0.781. The minimum absolute atomic E-state index is 0.232. The Labute approximate surface area is 112 Å². The maximum absolute atomic E-state index is 12.2. The summed E-state index contributed by atoms with van der Waals surface area (Å²) in [5.74, 6) is -0.232. The molecule has 1 aromatic heterocycles. The lowest BCUT2D eigenvalue weighted by atomic mass is 10.1. The predicted molar refractivity (Wildman–Crippen MR) is 74.6 cm³/mol. The van der Waals surface area contributed by atoms with Crippen molar-refractivity contribution in [2.45, 2.75) is 33.7 Å². The van der Waals surface area contributed by atoms with Gasteiger partial charge in [-0.2, -0.15) is 0 Å². The molecule has 0 atom stereocenters. The van der Waals surface area contributed by atoms with E-state index in [0.717, 1.165) is 17.8 Å². The second-order valence-electron chi connectivity index (χ2n) is 4.70. The van der Waals surface area contributed by atoms with Crippen LogP contribution < -0.4 is 5.69 Å². The number of hydrogen-bond acceptors (Lipinski definition) is 2. The molecule has 100 valence electrons. The Hall–Kier alpha value is -2.10. The van der Waals surface area contributed by atoms with Crippen molar-refractivity contribution in [3.05, 3.63) is 57.8 Å². The van der Waals surface area contributed by atoms with Crippen molar-refractivity contribution in [1.82, 2.24) is 9.13 Å². The molecular weight excluding hydrogens is 240 g/mol. The van der Waals surface area contributed by atoms with Gasteiger partial charge in [0.25, 0.3) is 0 Å². The first-order chi connectivity index (χ1) is 9.02. The van der Waals surface area contributed by atoms with Gasteiger partial charge in [-0.15, -0.1) is 0 Å². The van der Waals surface area contributed by atoms with Crippen LogP contribution in [-0.4, -0.2) is 15.0 Å². The average Bonchev–Trinajstić information content (AvgIpc) is 2.60. The van der Waals surface area contributed by atoms with Crippen molar-refractivity contribution >= 4 is 5.91 Å². The van der Waals surface area contributed by atoms with Gasteiger partial charge in [-0.25, -0.2) is 9.36 Å². The number of aryl methyl sites for hydroxylation is 1. The first-order valence-electron chi connectivity index (χ1n) is 6.36. The Bertz CT molecular complexity index is 651. The third kappa shape index (κ3) is 2.52. The molecular formula is C15H18N2O2. The van der Waals surface area contributed by atoms with Gasteiger partial charge in [0.1, 0.15) is 0 Å². The average molecular weight is 258 g/mol. The fourth-order valence-corrected chi connectivity index (χ4v) is 2.28. The SMILES string of the molecule is CC(=O)n1c(C)c(C)n(CCc2ccccc2)c1=O. The van der Waals surface area contributed by atoms with Crippen molar-refractivity contribution < 1.29 is 4.79 Å². The molecule has 0 saturated carbocycles. The Morgan fingerprint density at radius 2 is 1.74 bits per heavy atom. The van der Waals surface area contributed by atoms with E-state index in [1.54, 1.807) is 11.5 Å². The van der Waals surface area contributed by atoms with Gasteiger partial charge in [0.15, 0.2) is 0 Å². The van der Waals surface area contributed by atoms with E-state index in [0.29, 0.717) is 6.54 Å². The van der Waals surface area contributed by atoms with Crippen LogP contribution in [-0.2, 0) is 13.0 Å². The number of nitrogens with zero attached hydrogens (tertiary/aromatic N) is 2. The zero-order valence-corrected chi connectivity index (χ0v) is 11.5. The highest BCUT2D eigenvalue weighted by atomic mass is 16.2. The fraction of sp³-hybridized carbons (Fsp3) is 0.333. The summed E-state index contributed by atoms with van der Waals surface area (Å²) in [6, 6.07) is 10.0. The minimum atomic E-state index is -0.238. The van der Waals surface area contributed by atoms with Crippen LogP contribution in [0.2, 0.25) is 0 Å². The van der Waals surface area contributed by atoms with Gasteiger partial charge in [-0.1, -0.05) is 30.3 Å². The standard InChI is InChI=1S/C15H18N2O2/c1-11-12(2)17(13(3)18)15(19)16(11)10-9-14-7-5-4-6-8-14/h4-8H,9-10H2,1-3H3. The van der Waals surface area contributed by atoms with E-state index < -0.39 is 0 Å². The van der Waals surface area contributed by atoms with Crippen molar-refractivity contribution in [3.8, 4) is 0 Å². The molecule has 2 rings (SSSR count). The van der Waals surface area contributed by atoms with Crippen LogP contribution in [0.15, 0.2) is 35.1 Å². The number of carbonyl (C=O) groups excluding carboxylic acids is 1. The number of imidazole rings is 1. The van der Waals surface area contributed by atoms with Crippen LogP contribution in [0, 0.1) is 13.8 Å². The van der Waals surface area contributed by atoms with Crippen molar-refractivity contribution in [1.29, 1.82) is 0 Å². The largest absolute Gasteiger partial charge is 0.335 e. The van der Waals surface area contributed by atoms with Crippen LogP contribution in [0.1, 0.15) is 28.7 Å². The number of hydrogen-bond donors (Lipinski definition) is 0. The predicted octanol–water partition coefficient (Wildman–Crippen LogP) is 2.17. The van der Waals surface area contributed by atoms with E-state index in [9.17, 15) is 9.59 Å². The Morgan fingerprint density at radius 3 is 2.26 bits per heavy atom. The molecule has 4 nitrogen and oxygen atoms in total. The monoisotopic (exact) mass is 258 g/mol. The molecule has 0 amide bonds. The van der Waals surface area contributed by atoms with Gasteiger partial charge in [0, 0.05) is 24.9 Å². The summed E-state index contributed by atoms with van der Waals surface area (Å²) in [6.45, 7) is 5.68. The lowest BCUT2D eigenvalue weighted by Gasteiger charge is -2.04. The molecule has 0 fully saturated rings. The van der Waals surface area contributed by atoms with E-state index >= 15 is 0 Å². The van der Waals surface area contributed by atoms with Crippen LogP contribution in [0.3, 0.4) is 0 Å². The molecule has 0 saturated heterocycles. The molecule has 0 aliphatic heterocycles. The highest BCUT2D eigenvalue weighted by molar-refractivity contribution is 5.76. The zero-order valence-electron chi connectivity index (χ0n) is 11.5. The summed E-state index contributed by atoms with van der Waals surface area (Å²) < 4.78 is 2.91. The van der Waals surface area contributed by atoms with Crippen LogP contribution in [0.25, 0.3) is 0 Å². The van der Waals surface area contributed by atoms with Gasteiger partial charge < -0.3 is 0 Å². The van der Waals surface area contributed by atoms with Crippen molar-refractivity contribution in [2.24, 2.45) is 0 Å². The Morgan fingerprint density at radius 1 is 1.11 bits per heavy atom. The van der Waals surface area contributed by atoms with Gasteiger partial charge in [-0.05, 0) is 25.8 Å². The van der Waals surface area contributed by atoms with E-state index in [1.807, 2.05) is 37.3 Å². The first kappa shape index (κ1) is 13.3. The zero-order chi connectivity index (χ0) is 14.0. The molecule has 0 spiro atoms. The van der Waals surface area contributed by atoms with E-state index in [4.69, 9.17) is 0 Å². The van der Waals surface area contributed by atoms with E-state index in [2.05, 4.69) is 0 Å². The number of carbonyl (C=O) groups is 1. The third-order valence-corrected chi connectivity index (χ3v) is 3.47. The molecule has 1 aromatic carbocycles. The van der Waals surface area contributed by atoms with Gasteiger partial charge in [0.05, 0.1) is 0 Å². The quantitative estimate of drug-likeness (QED) is 0.847. The van der Waals surface area contributed by atoms with Gasteiger partial charge >= 0.3 is 5.69 Å². The van der Waals surface area contributed by atoms with Crippen LogP contribution in [0.5, 0.6) is 0 Å². The maximum atomic E-state index is 12.2. The molecule has 0 N–H and O–H groups in total. The summed E-state index contributed by atoms with van der Waals surface area (Å²) in [5, 5.41) is 0. The molecule has 19 heavy (non-hydrogen) atoms. The summed E-state index contributed by atoms with van der Waals surface area (Å²) in [4.78, 5) is 23.7. The number of aromatic nitrogens is 2. The highest BCUT2D eigenvalue weighted by Gasteiger charge is 2.15. The maximum Gasteiger partial charge on any atom is 0.335 e. The molecule has 0 radical (unpaired) electrons. The molecule has 1 heterocycles. The van der Waals surface area contributed by atoms with Gasteiger partial charge in [-0.3, -0.25) is 9.36 Å². The highest BCUT2D eigenvalue weighted by Crippen LogP contribution is 2.07. The van der Waals surface area contributed by atoms with Crippen molar-refractivity contribution in [2.75, 3.05) is 0 Å². The second-order valence-corrected chi connectivity index (χ2v) is 4.70. The van der Waals surface area contributed by atoms with Crippen LogP contribution in [0.4, 0.5) is 0 Å². The minimum Gasteiger partial charge on any atom is -0.296 e. The number of rotatable bonds is 3. The Balaban J connectivity index is 2.29. The molecule has 4 heteroatoms. The third-order valence-electron chi connectivity index (χ3n) is 3.47. The molecule has 0 bridgehead atoms. The summed E-state index contributed by atoms with van der Waals surface area (Å²) in [5.41, 5.74) is 2.53. The molecule has 2 aromatic rings.